The van der Waals surface area contributed by atoms with Crippen LogP contribution in [-0.4, -0.2) is 47.5 Å². The number of carbonyl (C=O) groups is 1. The van der Waals surface area contributed by atoms with Crippen molar-refractivity contribution in [2.24, 2.45) is 5.92 Å². The molecule has 0 spiro atoms. The Hall–Kier alpha value is -1.88. The smallest absolute Gasteiger partial charge is 0.338 e. The normalized spacial score (nSPS) is 19.8. The van der Waals surface area contributed by atoms with E-state index in [1.807, 2.05) is 10.6 Å². The Balaban J connectivity index is 1.79. The lowest BCUT2D eigenvalue weighted by molar-refractivity contribution is 0.0600. The van der Waals surface area contributed by atoms with Gasteiger partial charge >= 0.3 is 5.97 Å². The molecule has 1 aliphatic heterocycles. The molecule has 3 heterocycles. The van der Waals surface area contributed by atoms with Crippen molar-refractivity contribution in [3.05, 3.63) is 35.8 Å². The Bertz CT molecular complexity index is 650. The van der Waals surface area contributed by atoms with Crippen LogP contribution in [0.3, 0.4) is 0 Å². The Labute approximate surface area is 124 Å². The molecule has 0 saturated carbocycles. The van der Waals surface area contributed by atoms with Crippen molar-refractivity contribution in [2.45, 2.75) is 19.3 Å². The van der Waals surface area contributed by atoms with Crippen LogP contribution in [0.15, 0.2) is 24.5 Å². The van der Waals surface area contributed by atoms with Crippen LogP contribution in [0.25, 0.3) is 5.65 Å². The number of ether oxygens (including phenoxy) is 1. The monoisotopic (exact) mass is 287 g/mol. The van der Waals surface area contributed by atoms with Crippen LogP contribution < -0.4 is 0 Å². The van der Waals surface area contributed by atoms with E-state index in [0.717, 1.165) is 24.3 Å². The van der Waals surface area contributed by atoms with Gasteiger partial charge in [0.2, 0.25) is 0 Å². The number of methoxy groups -OCH3 is 1. The quantitative estimate of drug-likeness (QED) is 0.810. The summed E-state index contributed by atoms with van der Waals surface area (Å²) in [6.45, 7) is 2.34. The number of hydrogen-bond acceptors (Lipinski definition) is 4. The minimum absolute atomic E-state index is 0.323. The van der Waals surface area contributed by atoms with Gasteiger partial charge in [0.1, 0.15) is 5.65 Å². The van der Waals surface area contributed by atoms with Gasteiger partial charge in [0.15, 0.2) is 0 Å². The largest absolute Gasteiger partial charge is 0.465 e. The lowest BCUT2D eigenvalue weighted by Crippen LogP contribution is -2.33. The molecule has 3 rings (SSSR count). The van der Waals surface area contributed by atoms with Crippen molar-refractivity contribution >= 4 is 11.6 Å². The summed E-state index contributed by atoms with van der Waals surface area (Å²) in [6.07, 6.45) is 7.46. The van der Waals surface area contributed by atoms with Gasteiger partial charge in [0, 0.05) is 18.9 Å². The molecule has 21 heavy (non-hydrogen) atoms. The zero-order valence-electron chi connectivity index (χ0n) is 12.6. The maximum absolute atomic E-state index is 11.6. The van der Waals surface area contributed by atoms with Gasteiger partial charge in [0.05, 0.1) is 18.4 Å². The van der Waals surface area contributed by atoms with Crippen LogP contribution >= 0.6 is 0 Å². The minimum Gasteiger partial charge on any atom is -0.465 e. The summed E-state index contributed by atoms with van der Waals surface area (Å²) in [5.74, 6) is 0.352. The molecular weight excluding hydrogens is 266 g/mol. The second-order valence-corrected chi connectivity index (χ2v) is 5.88. The zero-order valence-corrected chi connectivity index (χ0v) is 12.6. The van der Waals surface area contributed by atoms with E-state index in [2.05, 4.69) is 23.1 Å². The van der Waals surface area contributed by atoms with Gasteiger partial charge in [-0.05, 0) is 50.9 Å². The molecule has 0 amide bonds. The number of pyridine rings is 1. The number of esters is 1. The zero-order chi connectivity index (χ0) is 14.8. The summed E-state index contributed by atoms with van der Waals surface area (Å²) in [4.78, 5) is 18.6. The van der Waals surface area contributed by atoms with Crippen molar-refractivity contribution in [3.63, 3.8) is 0 Å². The number of rotatable bonds is 3. The van der Waals surface area contributed by atoms with Crippen LogP contribution in [0.4, 0.5) is 0 Å². The first-order valence-electron chi connectivity index (χ1n) is 7.40. The Kier molecular flexibility index (Phi) is 3.92. The molecule has 5 nitrogen and oxygen atoms in total. The molecule has 1 saturated heterocycles. The molecule has 2 aromatic heterocycles. The molecule has 0 aromatic carbocycles. The number of piperidine rings is 1. The van der Waals surface area contributed by atoms with Crippen LogP contribution in [-0.2, 0) is 11.2 Å². The number of fused-ring (bicyclic) bond motifs is 1. The third kappa shape index (κ3) is 3.08. The van der Waals surface area contributed by atoms with E-state index in [1.54, 1.807) is 12.1 Å². The number of imidazole rings is 1. The van der Waals surface area contributed by atoms with Crippen LogP contribution in [0.5, 0.6) is 0 Å². The van der Waals surface area contributed by atoms with E-state index < -0.39 is 0 Å². The molecule has 1 atom stereocenters. The molecule has 1 aliphatic rings. The first-order valence-corrected chi connectivity index (χ1v) is 7.40. The van der Waals surface area contributed by atoms with Gasteiger partial charge in [-0.2, -0.15) is 0 Å². The second-order valence-electron chi connectivity index (χ2n) is 5.88. The topological polar surface area (TPSA) is 46.8 Å². The van der Waals surface area contributed by atoms with E-state index in [0.29, 0.717) is 11.5 Å². The van der Waals surface area contributed by atoms with Crippen molar-refractivity contribution < 1.29 is 9.53 Å². The van der Waals surface area contributed by atoms with Gasteiger partial charge in [-0.1, -0.05) is 0 Å². The molecule has 2 aromatic rings. The predicted molar refractivity (Wildman–Crippen MR) is 80.5 cm³/mol. The highest BCUT2D eigenvalue weighted by Crippen LogP contribution is 2.20. The van der Waals surface area contributed by atoms with Gasteiger partial charge in [-0.25, -0.2) is 9.78 Å². The van der Waals surface area contributed by atoms with Crippen LogP contribution in [0.2, 0.25) is 0 Å². The number of carbonyl (C=O) groups excluding carboxylic acids is 1. The standard InChI is InChI=1S/C16H21N3O2/c1-18-6-3-4-12(10-18)8-14-11-19-7-5-13(16(20)21-2)9-15(19)17-14/h5,7,9,11-12H,3-4,6,8,10H2,1-2H3. The number of aromatic nitrogens is 2. The van der Waals surface area contributed by atoms with Crippen molar-refractivity contribution in [1.82, 2.24) is 14.3 Å². The van der Waals surface area contributed by atoms with Crippen LogP contribution in [0.1, 0.15) is 28.9 Å². The molecule has 0 bridgehead atoms. The number of hydrogen-bond donors (Lipinski definition) is 0. The number of likely N-dealkylation sites (tertiary alicyclic amines) is 1. The van der Waals surface area contributed by atoms with Gasteiger partial charge in [-0.15, -0.1) is 0 Å². The highest BCUT2D eigenvalue weighted by atomic mass is 16.5. The van der Waals surface area contributed by atoms with E-state index in [1.165, 1.54) is 26.5 Å². The fourth-order valence-corrected chi connectivity index (χ4v) is 3.11. The van der Waals surface area contributed by atoms with Gasteiger partial charge in [-0.3, -0.25) is 0 Å². The molecule has 0 N–H and O–H groups in total. The van der Waals surface area contributed by atoms with Crippen LogP contribution in [0, 0.1) is 5.92 Å². The summed E-state index contributed by atoms with van der Waals surface area (Å²) >= 11 is 0. The highest BCUT2D eigenvalue weighted by molar-refractivity contribution is 5.90. The predicted octanol–water partition coefficient (Wildman–Crippen LogP) is 2.01. The van der Waals surface area contributed by atoms with E-state index >= 15 is 0 Å². The second kappa shape index (κ2) is 5.85. The Morgan fingerprint density at radius 1 is 1.52 bits per heavy atom. The van der Waals surface area contributed by atoms with Gasteiger partial charge < -0.3 is 14.0 Å². The maximum atomic E-state index is 11.6. The average molecular weight is 287 g/mol. The highest BCUT2D eigenvalue weighted by Gasteiger charge is 2.19. The average Bonchev–Trinajstić information content (AvgIpc) is 2.87. The lowest BCUT2D eigenvalue weighted by Gasteiger charge is -2.29. The Morgan fingerprint density at radius 3 is 3.14 bits per heavy atom. The fraction of sp³-hybridized carbons (Fsp3) is 0.500. The third-order valence-electron chi connectivity index (χ3n) is 4.15. The van der Waals surface area contributed by atoms with Gasteiger partial charge in [0.25, 0.3) is 0 Å². The molecule has 5 heteroatoms. The first-order chi connectivity index (χ1) is 10.2. The molecule has 112 valence electrons. The van der Waals surface area contributed by atoms with E-state index in [-0.39, 0.29) is 5.97 Å². The molecular formula is C16H21N3O2. The van der Waals surface area contributed by atoms with E-state index in [4.69, 9.17) is 4.74 Å². The summed E-state index contributed by atoms with van der Waals surface area (Å²) in [5, 5.41) is 0. The maximum Gasteiger partial charge on any atom is 0.338 e. The Morgan fingerprint density at radius 2 is 2.38 bits per heavy atom. The third-order valence-corrected chi connectivity index (χ3v) is 4.15. The molecule has 0 radical (unpaired) electrons. The minimum atomic E-state index is -0.323. The summed E-state index contributed by atoms with van der Waals surface area (Å²) in [5.41, 5.74) is 2.44. The SMILES string of the molecule is COC(=O)c1ccn2cc(CC3CCCN(C)C3)nc2c1. The summed E-state index contributed by atoms with van der Waals surface area (Å²) < 4.78 is 6.71. The lowest BCUT2D eigenvalue weighted by atomic mass is 9.94. The van der Waals surface area contributed by atoms with E-state index in [9.17, 15) is 4.79 Å². The number of nitrogens with zero attached hydrogens (tertiary/aromatic N) is 3. The summed E-state index contributed by atoms with van der Waals surface area (Å²) in [7, 11) is 3.57. The molecule has 1 unspecified atom stereocenters. The molecule has 0 aliphatic carbocycles. The van der Waals surface area contributed by atoms with Crippen molar-refractivity contribution in [3.8, 4) is 0 Å². The fourth-order valence-electron chi connectivity index (χ4n) is 3.11. The molecule has 1 fully saturated rings. The van der Waals surface area contributed by atoms with Crippen molar-refractivity contribution in [1.29, 1.82) is 0 Å². The summed E-state index contributed by atoms with van der Waals surface area (Å²) in [6, 6.07) is 3.54. The van der Waals surface area contributed by atoms with Crippen molar-refractivity contribution in [2.75, 3.05) is 27.2 Å². The first kappa shape index (κ1) is 14.1.